The molecule has 1 aliphatic carbocycles. The monoisotopic (exact) mass is 262 g/mol. The lowest BCUT2D eigenvalue weighted by atomic mass is 10.2. The summed E-state index contributed by atoms with van der Waals surface area (Å²) in [5, 5.41) is 3.48. The van der Waals surface area contributed by atoms with Gasteiger partial charge in [-0.05, 0) is 37.6 Å². The van der Waals surface area contributed by atoms with Crippen LogP contribution in [0.15, 0.2) is 18.2 Å². The van der Waals surface area contributed by atoms with Crippen molar-refractivity contribution in [2.24, 2.45) is 0 Å². The van der Waals surface area contributed by atoms with E-state index in [9.17, 15) is 0 Å². The van der Waals surface area contributed by atoms with Crippen LogP contribution < -0.4 is 14.8 Å². The van der Waals surface area contributed by atoms with Crippen LogP contribution >= 0.6 is 0 Å². The first-order chi connectivity index (χ1) is 9.33. The Hall–Kier alpha value is -1.26. The zero-order valence-electron chi connectivity index (χ0n) is 11.5. The Morgan fingerprint density at radius 1 is 1.21 bits per heavy atom. The molecule has 1 aromatic carbocycles. The molecule has 0 spiro atoms. The molecule has 0 bridgehead atoms. The molecule has 2 aliphatic rings. The van der Waals surface area contributed by atoms with Crippen LogP contribution in [0.4, 0.5) is 0 Å². The number of likely N-dealkylation sites (N-methyl/N-ethyl adjacent to an activating group) is 1. The van der Waals surface area contributed by atoms with Crippen LogP contribution in [0.5, 0.6) is 11.5 Å². The summed E-state index contributed by atoms with van der Waals surface area (Å²) < 4.78 is 11.1. The lowest BCUT2D eigenvalue weighted by Gasteiger charge is -2.19. The van der Waals surface area contributed by atoms with E-state index in [1.165, 1.54) is 18.4 Å². The topological polar surface area (TPSA) is 33.7 Å². The van der Waals surface area contributed by atoms with Crippen molar-refractivity contribution in [2.45, 2.75) is 25.4 Å². The molecule has 0 radical (unpaired) electrons. The summed E-state index contributed by atoms with van der Waals surface area (Å²) in [5.74, 6) is 1.74. The number of hydrogen-bond donors (Lipinski definition) is 1. The minimum atomic E-state index is 0.649. The molecule has 0 aromatic heterocycles. The Labute approximate surface area is 114 Å². The van der Waals surface area contributed by atoms with Gasteiger partial charge in [-0.25, -0.2) is 0 Å². The van der Waals surface area contributed by atoms with Crippen molar-refractivity contribution < 1.29 is 9.47 Å². The van der Waals surface area contributed by atoms with Gasteiger partial charge in [0, 0.05) is 25.7 Å². The zero-order valence-corrected chi connectivity index (χ0v) is 11.5. The molecule has 0 amide bonds. The highest BCUT2D eigenvalue weighted by Gasteiger charge is 2.25. The zero-order chi connectivity index (χ0) is 13.1. The maximum Gasteiger partial charge on any atom is 0.161 e. The lowest BCUT2D eigenvalue weighted by molar-refractivity contribution is 0.171. The van der Waals surface area contributed by atoms with E-state index in [-0.39, 0.29) is 0 Å². The highest BCUT2D eigenvalue weighted by atomic mass is 16.6. The third-order valence-electron chi connectivity index (χ3n) is 3.75. The molecular weight excluding hydrogens is 240 g/mol. The minimum absolute atomic E-state index is 0.649. The Kier molecular flexibility index (Phi) is 3.89. The summed E-state index contributed by atoms with van der Waals surface area (Å²) >= 11 is 0. The first kappa shape index (κ1) is 12.8. The molecule has 104 valence electrons. The number of ether oxygens (including phenoxy) is 2. The van der Waals surface area contributed by atoms with Gasteiger partial charge in [0.05, 0.1) is 0 Å². The molecule has 1 saturated carbocycles. The molecule has 1 aromatic rings. The van der Waals surface area contributed by atoms with Crippen molar-refractivity contribution in [1.82, 2.24) is 10.2 Å². The van der Waals surface area contributed by atoms with Crippen molar-refractivity contribution in [3.63, 3.8) is 0 Å². The molecule has 1 heterocycles. The Balaban J connectivity index is 1.44. The second-order valence-electron chi connectivity index (χ2n) is 5.37. The van der Waals surface area contributed by atoms with Gasteiger partial charge in [-0.1, -0.05) is 6.07 Å². The van der Waals surface area contributed by atoms with Crippen molar-refractivity contribution in [2.75, 3.05) is 33.4 Å². The predicted octanol–water partition coefficient (Wildman–Crippen LogP) is 1.64. The molecule has 1 fully saturated rings. The summed E-state index contributed by atoms with van der Waals surface area (Å²) in [6, 6.07) is 7.02. The fraction of sp³-hybridized carbons (Fsp3) is 0.600. The number of nitrogens with zero attached hydrogens (tertiary/aromatic N) is 1. The second-order valence-corrected chi connectivity index (χ2v) is 5.37. The highest BCUT2D eigenvalue weighted by Crippen LogP contribution is 2.30. The molecule has 1 aliphatic heterocycles. The minimum Gasteiger partial charge on any atom is -0.486 e. The maximum absolute atomic E-state index is 5.59. The Morgan fingerprint density at radius 3 is 2.79 bits per heavy atom. The number of benzene rings is 1. The van der Waals surface area contributed by atoms with Crippen LogP contribution in [0.3, 0.4) is 0 Å². The summed E-state index contributed by atoms with van der Waals surface area (Å²) in [5.41, 5.74) is 1.25. The molecular formula is C15H22N2O2. The van der Waals surface area contributed by atoms with E-state index < -0.39 is 0 Å². The Morgan fingerprint density at radius 2 is 2.00 bits per heavy atom. The van der Waals surface area contributed by atoms with Gasteiger partial charge in [0.1, 0.15) is 13.2 Å². The largest absolute Gasteiger partial charge is 0.486 e. The standard InChI is InChI=1S/C15H22N2O2/c1-17(13-3-4-13)7-6-16-11-12-2-5-14-15(10-12)19-9-8-18-14/h2,5,10,13,16H,3-4,6-9,11H2,1H3. The summed E-state index contributed by atoms with van der Waals surface area (Å²) in [6.07, 6.45) is 2.75. The quantitative estimate of drug-likeness (QED) is 0.790. The molecule has 3 rings (SSSR count). The average molecular weight is 262 g/mol. The number of nitrogens with one attached hydrogen (secondary N) is 1. The van der Waals surface area contributed by atoms with Gasteiger partial charge in [-0.2, -0.15) is 0 Å². The van der Waals surface area contributed by atoms with Crippen molar-refractivity contribution in [3.05, 3.63) is 23.8 Å². The van der Waals surface area contributed by atoms with E-state index in [0.29, 0.717) is 13.2 Å². The molecule has 0 unspecified atom stereocenters. The predicted molar refractivity (Wildman–Crippen MR) is 74.8 cm³/mol. The van der Waals surface area contributed by atoms with Gasteiger partial charge in [-0.15, -0.1) is 0 Å². The van der Waals surface area contributed by atoms with Crippen molar-refractivity contribution in [1.29, 1.82) is 0 Å². The van der Waals surface area contributed by atoms with Gasteiger partial charge in [0.25, 0.3) is 0 Å². The number of rotatable bonds is 6. The molecule has 4 heteroatoms. The highest BCUT2D eigenvalue weighted by molar-refractivity contribution is 5.43. The van der Waals surface area contributed by atoms with Gasteiger partial charge in [-0.3, -0.25) is 0 Å². The van der Waals surface area contributed by atoms with Crippen LogP contribution in [0.2, 0.25) is 0 Å². The SMILES string of the molecule is CN(CCNCc1ccc2c(c1)OCCO2)C1CC1. The van der Waals surface area contributed by atoms with E-state index in [4.69, 9.17) is 9.47 Å². The van der Waals surface area contributed by atoms with E-state index in [1.54, 1.807) is 0 Å². The normalized spacial score (nSPS) is 17.8. The molecule has 1 N–H and O–H groups in total. The van der Waals surface area contributed by atoms with Crippen LogP contribution in [-0.2, 0) is 6.54 Å². The summed E-state index contributed by atoms with van der Waals surface area (Å²) in [6.45, 7) is 4.33. The number of fused-ring (bicyclic) bond motifs is 1. The van der Waals surface area contributed by atoms with Gasteiger partial charge in [0.15, 0.2) is 11.5 Å². The van der Waals surface area contributed by atoms with Crippen LogP contribution in [0, 0.1) is 0 Å². The van der Waals surface area contributed by atoms with E-state index >= 15 is 0 Å². The van der Waals surface area contributed by atoms with E-state index in [2.05, 4.69) is 29.4 Å². The maximum atomic E-state index is 5.59. The van der Waals surface area contributed by atoms with Gasteiger partial charge < -0.3 is 19.7 Å². The third kappa shape index (κ3) is 3.39. The summed E-state index contributed by atoms with van der Waals surface area (Å²) in [7, 11) is 2.21. The second kappa shape index (κ2) is 5.80. The number of hydrogen-bond acceptors (Lipinski definition) is 4. The van der Waals surface area contributed by atoms with Crippen LogP contribution in [0.1, 0.15) is 18.4 Å². The molecule has 19 heavy (non-hydrogen) atoms. The third-order valence-corrected chi connectivity index (χ3v) is 3.75. The lowest BCUT2D eigenvalue weighted by Crippen LogP contribution is -2.30. The molecule has 0 saturated heterocycles. The molecule has 0 atom stereocenters. The van der Waals surface area contributed by atoms with Gasteiger partial charge in [0.2, 0.25) is 0 Å². The van der Waals surface area contributed by atoms with Crippen molar-refractivity contribution >= 4 is 0 Å². The first-order valence-corrected chi connectivity index (χ1v) is 7.12. The van der Waals surface area contributed by atoms with Crippen LogP contribution in [-0.4, -0.2) is 44.3 Å². The molecule has 4 nitrogen and oxygen atoms in total. The average Bonchev–Trinajstić information content (AvgIpc) is 3.28. The van der Waals surface area contributed by atoms with Crippen LogP contribution in [0.25, 0.3) is 0 Å². The summed E-state index contributed by atoms with van der Waals surface area (Å²) in [4.78, 5) is 2.44. The Bertz CT molecular complexity index is 432. The fourth-order valence-electron chi connectivity index (χ4n) is 2.38. The first-order valence-electron chi connectivity index (χ1n) is 7.12. The van der Waals surface area contributed by atoms with E-state index in [1.807, 2.05) is 6.07 Å². The van der Waals surface area contributed by atoms with E-state index in [0.717, 1.165) is 37.2 Å². The fourth-order valence-corrected chi connectivity index (χ4v) is 2.38. The van der Waals surface area contributed by atoms with Gasteiger partial charge >= 0.3 is 0 Å². The van der Waals surface area contributed by atoms with Crippen molar-refractivity contribution in [3.8, 4) is 11.5 Å². The smallest absolute Gasteiger partial charge is 0.161 e.